The molecule has 1 aliphatic carbocycles. The van der Waals surface area contributed by atoms with Crippen molar-refractivity contribution in [2.45, 2.75) is 44.8 Å². The number of guanidine groups is 1. The molecule has 1 aromatic rings. The van der Waals surface area contributed by atoms with Crippen LogP contribution in [0.25, 0.3) is 0 Å². The lowest BCUT2D eigenvalue weighted by atomic mass is 10.1. The van der Waals surface area contributed by atoms with E-state index in [2.05, 4.69) is 28.2 Å². The van der Waals surface area contributed by atoms with Gasteiger partial charge in [-0.05, 0) is 50.3 Å². The van der Waals surface area contributed by atoms with Gasteiger partial charge in [-0.1, -0.05) is 23.8 Å². The summed E-state index contributed by atoms with van der Waals surface area (Å²) in [5, 5.41) is 3.49. The maximum absolute atomic E-state index is 13.2. The Bertz CT molecular complexity index is 632. The maximum Gasteiger partial charge on any atom is 0.193 e. The van der Waals surface area contributed by atoms with Crippen molar-refractivity contribution < 1.29 is 9.13 Å². The van der Waals surface area contributed by atoms with Crippen molar-refractivity contribution in [2.75, 3.05) is 26.7 Å². The molecule has 0 aromatic heterocycles. The zero-order chi connectivity index (χ0) is 17.6. The number of ether oxygens (including phenoxy) is 1. The van der Waals surface area contributed by atoms with E-state index in [1.165, 1.54) is 31.4 Å². The van der Waals surface area contributed by atoms with Gasteiger partial charge in [0.2, 0.25) is 0 Å². The van der Waals surface area contributed by atoms with Crippen LogP contribution < -0.4 is 5.32 Å². The highest BCUT2D eigenvalue weighted by atomic mass is 127. The smallest absolute Gasteiger partial charge is 0.193 e. The summed E-state index contributed by atoms with van der Waals surface area (Å²) < 4.78 is 19.2. The molecule has 144 valence electrons. The molecule has 0 amide bonds. The van der Waals surface area contributed by atoms with Crippen molar-refractivity contribution in [3.63, 3.8) is 0 Å². The summed E-state index contributed by atoms with van der Waals surface area (Å²) >= 11 is 0. The summed E-state index contributed by atoms with van der Waals surface area (Å²) in [5.41, 5.74) is 2.56. The Morgan fingerprint density at radius 3 is 2.73 bits per heavy atom. The third kappa shape index (κ3) is 5.67. The van der Waals surface area contributed by atoms with Crippen molar-refractivity contribution in [1.29, 1.82) is 0 Å². The molecule has 1 saturated heterocycles. The number of halogens is 2. The zero-order valence-electron chi connectivity index (χ0n) is 15.6. The second-order valence-electron chi connectivity index (χ2n) is 6.87. The second kappa shape index (κ2) is 10.3. The van der Waals surface area contributed by atoms with Gasteiger partial charge in [-0.3, -0.25) is 4.99 Å². The third-order valence-electron chi connectivity index (χ3n) is 4.88. The number of morpholine rings is 1. The molecule has 1 aromatic carbocycles. The van der Waals surface area contributed by atoms with Crippen LogP contribution in [0.3, 0.4) is 0 Å². The fourth-order valence-electron chi connectivity index (χ4n) is 3.62. The molecule has 0 spiro atoms. The normalized spacial score (nSPS) is 23.4. The molecule has 1 fully saturated rings. The van der Waals surface area contributed by atoms with E-state index in [0.29, 0.717) is 0 Å². The number of benzene rings is 1. The van der Waals surface area contributed by atoms with Gasteiger partial charge in [0, 0.05) is 20.1 Å². The number of hydrogen-bond acceptors (Lipinski definition) is 2. The van der Waals surface area contributed by atoms with E-state index in [1.807, 2.05) is 7.05 Å². The number of aliphatic imine (C=N–C) groups is 1. The molecule has 1 aliphatic heterocycles. The Hall–Kier alpha value is -1.15. The molecule has 0 saturated carbocycles. The first-order chi connectivity index (χ1) is 12.2. The topological polar surface area (TPSA) is 36.9 Å². The van der Waals surface area contributed by atoms with Crippen LogP contribution in [-0.2, 0) is 4.74 Å². The molecule has 3 rings (SSSR count). The quantitative estimate of drug-likeness (QED) is 0.307. The first kappa shape index (κ1) is 21.2. The Kier molecular flexibility index (Phi) is 8.34. The lowest BCUT2D eigenvalue weighted by Crippen LogP contribution is -2.50. The number of nitrogens with zero attached hydrogens (tertiary/aromatic N) is 2. The third-order valence-corrected chi connectivity index (χ3v) is 4.88. The summed E-state index contributed by atoms with van der Waals surface area (Å²) in [4.78, 5) is 6.69. The van der Waals surface area contributed by atoms with Gasteiger partial charge in [-0.15, -0.1) is 24.0 Å². The minimum atomic E-state index is -0.219. The van der Waals surface area contributed by atoms with Crippen LogP contribution in [0.1, 0.15) is 44.3 Å². The van der Waals surface area contributed by atoms with Crippen molar-refractivity contribution in [1.82, 2.24) is 10.2 Å². The predicted octanol–water partition coefficient (Wildman–Crippen LogP) is 4.28. The highest BCUT2D eigenvalue weighted by molar-refractivity contribution is 14.0. The van der Waals surface area contributed by atoms with Crippen LogP contribution in [0, 0.1) is 5.82 Å². The average molecular weight is 473 g/mol. The minimum Gasteiger partial charge on any atom is -0.367 e. The van der Waals surface area contributed by atoms with Gasteiger partial charge in [-0.25, -0.2) is 4.39 Å². The molecular formula is C20H29FIN3O. The monoisotopic (exact) mass is 473 g/mol. The van der Waals surface area contributed by atoms with Crippen LogP contribution in [-0.4, -0.2) is 43.6 Å². The fourth-order valence-corrected chi connectivity index (χ4v) is 3.62. The van der Waals surface area contributed by atoms with Crippen LogP contribution in [0.15, 0.2) is 40.9 Å². The summed E-state index contributed by atoms with van der Waals surface area (Å²) in [7, 11) is 1.82. The molecule has 6 heteroatoms. The van der Waals surface area contributed by atoms with Crippen molar-refractivity contribution >= 4 is 29.9 Å². The van der Waals surface area contributed by atoms with E-state index < -0.39 is 0 Å². The van der Waals surface area contributed by atoms with E-state index in [0.717, 1.165) is 37.6 Å². The SMILES string of the molecule is CN=C(NCCC1=CCCC1)N1CC(C)OC(c2ccc(F)cc2)C1.I. The molecule has 2 aliphatic rings. The molecule has 4 nitrogen and oxygen atoms in total. The molecule has 0 radical (unpaired) electrons. The molecule has 26 heavy (non-hydrogen) atoms. The first-order valence-electron chi connectivity index (χ1n) is 9.20. The highest BCUT2D eigenvalue weighted by Crippen LogP contribution is 2.25. The number of rotatable bonds is 4. The largest absolute Gasteiger partial charge is 0.367 e. The van der Waals surface area contributed by atoms with Crippen LogP contribution >= 0.6 is 24.0 Å². The lowest BCUT2D eigenvalue weighted by Gasteiger charge is -2.38. The van der Waals surface area contributed by atoms with Gasteiger partial charge in [-0.2, -0.15) is 0 Å². The first-order valence-corrected chi connectivity index (χ1v) is 9.20. The molecule has 0 bridgehead atoms. The minimum absolute atomic E-state index is 0. The summed E-state index contributed by atoms with van der Waals surface area (Å²) in [5.74, 6) is 0.698. The van der Waals surface area contributed by atoms with Gasteiger partial charge >= 0.3 is 0 Å². The van der Waals surface area contributed by atoms with Gasteiger partial charge in [0.05, 0.1) is 12.6 Å². The van der Waals surface area contributed by atoms with Gasteiger partial charge in [0.25, 0.3) is 0 Å². The lowest BCUT2D eigenvalue weighted by molar-refractivity contribution is -0.0604. The van der Waals surface area contributed by atoms with Gasteiger partial charge in [0.15, 0.2) is 5.96 Å². The Balaban J connectivity index is 0.00000243. The summed E-state index contributed by atoms with van der Waals surface area (Å²) in [6.07, 6.45) is 7.24. The number of hydrogen-bond donors (Lipinski definition) is 1. The van der Waals surface area contributed by atoms with E-state index in [1.54, 1.807) is 17.7 Å². The maximum atomic E-state index is 13.2. The second-order valence-corrected chi connectivity index (χ2v) is 6.87. The molecule has 1 heterocycles. The van der Waals surface area contributed by atoms with Gasteiger partial charge < -0.3 is 15.0 Å². The summed E-state index contributed by atoms with van der Waals surface area (Å²) in [6.45, 7) is 4.50. The Morgan fingerprint density at radius 1 is 1.31 bits per heavy atom. The standard InChI is InChI=1S/C20H28FN3O.HI/c1-15-13-24(14-19(25-15)17-7-9-18(21)10-8-17)20(22-2)23-12-11-16-5-3-4-6-16;/h5,7-10,15,19H,3-4,6,11-14H2,1-2H3,(H,22,23);1H. The highest BCUT2D eigenvalue weighted by Gasteiger charge is 2.28. The average Bonchev–Trinajstić information content (AvgIpc) is 3.12. The predicted molar refractivity (Wildman–Crippen MR) is 115 cm³/mol. The van der Waals surface area contributed by atoms with Gasteiger partial charge in [0.1, 0.15) is 11.9 Å². The molecular weight excluding hydrogens is 444 g/mol. The van der Waals surface area contributed by atoms with Crippen molar-refractivity contribution in [3.8, 4) is 0 Å². The van der Waals surface area contributed by atoms with Crippen LogP contribution in [0.2, 0.25) is 0 Å². The number of nitrogens with one attached hydrogen (secondary N) is 1. The zero-order valence-corrected chi connectivity index (χ0v) is 17.9. The Labute approximate surface area is 172 Å². The van der Waals surface area contributed by atoms with Crippen molar-refractivity contribution in [2.24, 2.45) is 4.99 Å². The molecule has 2 atom stereocenters. The fraction of sp³-hybridized carbons (Fsp3) is 0.550. The van der Waals surface area contributed by atoms with Crippen molar-refractivity contribution in [3.05, 3.63) is 47.3 Å². The molecule has 1 N–H and O–H groups in total. The van der Waals surface area contributed by atoms with E-state index >= 15 is 0 Å². The van der Waals surface area contributed by atoms with E-state index in [4.69, 9.17) is 4.74 Å². The molecule has 2 unspecified atom stereocenters. The number of allylic oxidation sites excluding steroid dienone is 1. The van der Waals surface area contributed by atoms with Crippen LogP contribution in [0.4, 0.5) is 4.39 Å². The van der Waals surface area contributed by atoms with Crippen LogP contribution in [0.5, 0.6) is 0 Å². The van der Waals surface area contributed by atoms with E-state index in [9.17, 15) is 4.39 Å². The summed E-state index contributed by atoms with van der Waals surface area (Å²) in [6, 6.07) is 6.59. The van der Waals surface area contributed by atoms with E-state index in [-0.39, 0.29) is 42.0 Å². The Morgan fingerprint density at radius 2 is 2.08 bits per heavy atom.